The number of carbonyl (C=O) groups excluding carboxylic acids is 2. The van der Waals surface area contributed by atoms with Gasteiger partial charge in [0, 0.05) is 43.1 Å². The number of anilines is 2. The molecule has 2 aliphatic heterocycles. The van der Waals surface area contributed by atoms with E-state index in [1.165, 1.54) is 10.4 Å². The first-order valence-electron chi connectivity index (χ1n) is 11.0. The molecule has 4 rings (SSSR count). The Morgan fingerprint density at radius 2 is 1.67 bits per heavy atom. The molecule has 3 N–H and O–H groups in total. The molecule has 33 heavy (non-hydrogen) atoms. The van der Waals surface area contributed by atoms with Crippen LogP contribution in [0.5, 0.6) is 0 Å². The maximum absolute atomic E-state index is 13.3. The van der Waals surface area contributed by atoms with E-state index in [-0.39, 0.29) is 18.0 Å². The molecule has 0 spiro atoms. The molecule has 2 saturated heterocycles. The minimum absolute atomic E-state index is 0.0813. The zero-order valence-electron chi connectivity index (χ0n) is 18.5. The molecule has 9 nitrogen and oxygen atoms in total. The van der Waals surface area contributed by atoms with Crippen LogP contribution in [0.1, 0.15) is 39.1 Å². The summed E-state index contributed by atoms with van der Waals surface area (Å²) in [5.41, 5.74) is 7.88. The lowest BCUT2D eigenvalue weighted by atomic mass is 10.1. The van der Waals surface area contributed by atoms with Gasteiger partial charge >= 0.3 is 0 Å². The molecule has 0 aliphatic carbocycles. The van der Waals surface area contributed by atoms with Crippen molar-refractivity contribution in [2.24, 2.45) is 5.73 Å². The number of carbonyl (C=O) groups is 2. The second kappa shape index (κ2) is 9.50. The van der Waals surface area contributed by atoms with E-state index in [9.17, 15) is 18.0 Å². The van der Waals surface area contributed by atoms with E-state index in [0.29, 0.717) is 41.3 Å². The molecule has 0 atom stereocenters. The van der Waals surface area contributed by atoms with Crippen LogP contribution in [0, 0.1) is 6.92 Å². The van der Waals surface area contributed by atoms with E-state index >= 15 is 0 Å². The van der Waals surface area contributed by atoms with Crippen molar-refractivity contribution in [3.8, 4) is 0 Å². The Balaban J connectivity index is 1.68. The predicted molar refractivity (Wildman–Crippen MR) is 125 cm³/mol. The number of nitrogens with zero attached hydrogens (tertiary/aromatic N) is 2. The van der Waals surface area contributed by atoms with Gasteiger partial charge in [-0.2, -0.15) is 4.31 Å². The topological polar surface area (TPSA) is 122 Å². The fourth-order valence-corrected chi connectivity index (χ4v) is 5.68. The van der Waals surface area contributed by atoms with Gasteiger partial charge in [0.25, 0.3) is 5.91 Å². The Morgan fingerprint density at radius 3 is 2.30 bits per heavy atom. The minimum atomic E-state index is -3.75. The number of amides is 2. The van der Waals surface area contributed by atoms with Crippen LogP contribution in [0.15, 0.2) is 41.3 Å². The van der Waals surface area contributed by atoms with Crippen LogP contribution in [-0.2, 0) is 14.8 Å². The average molecular weight is 473 g/mol. The third-order valence-electron chi connectivity index (χ3n) is 6.02. The number of nitrogens with one attached hydrogen (secondary N) is 1. The summed E-state index contributed by atoms with van der Waals surface area (Å²) in [5, 5.41) is 2.84. The van der Waals surface area contributed by atoms with Gasteiger partial charge in [-0.3, -0.25) is 9.59 Å². The molecule has 0 radical (unpaired) electrons. The van der Waals surface area contributed by atoms with Gasteiger partial charge in [0.15, 0.2) is 0 Å². The number of aryl methyl sites for hydroxylation is 1. The zero-order valence-corrected chi connectivity index (χ0v) is 19.4. The number of sulfonamides is 1. The molecule has 2 aliphatic rings. The SMILES string of the molecule is Cc1cc(NC(=O)c2cc(S(=O)(=O)N3CCOCC3)ccc2N2CCCC2)ccc1C(N)=O. The molecule has 2 aromatic carbocycles. The summed E-state index contributed by atoms with van der Waals surface area (Å²) in [5.74, 6) is -0.954. The van der Waals surface area contributed by atoms with Crippen molar-refractivity contribution in [3.63, 3.8) is 0 Å². The zero-order chi connectivity index (χ0) is 23.6. The van der Waals surface area contributed by atoms with Crippen molar-refractivity contribution in [3.05, 3.63) is 53.1 Å². The summed E-state index contributed by atoms with van der Waals surface area (Å²) in [7, 11) is -3.75. The van der Waals surface area contributed by atoms with E-state index in [1.807, 2.05) is 0 Å². The Kier molecular flexibility index (Phi) is 6.68. The van der Waals surface area contributed by atoms with Crippen molar-refractivity contribution in [2.45, 2.75) is 24.7 Å². The fraction of sp³-hybridized carbons (Fsp3) is 0.391. The molecule has 0 bridgehead atoms. The van der Waals surface area contributed by atoms with Crippen LogP contribution < -0.4 is 16.0 Å². The molecule has 0 saturated carbocycles. The van der Waals surface area contributed by atoms with Crippen molar-refractivity contribution >= 4 is 33.2 Å². The van der Waals surface area contributed by atoms with Crippen molar-refractivity contribution in [1.82, 2.24) is 4.31 Å². The number of nitrogens with two attached hydrogens (primary N) is 1. The summed E-state index contributed by atoms with van der Waals surface area (Å²) in [6, 6.07) is 9.58. The molecule has 2 amide bonds. The van der Waals surface area contributed by atoms with E-state index in [4.69, 9.17) is 10.5 Å². The van der Waals surface area contributed by atoms with Gasteiger partial charge in [-0.1, -0.05) is 0 Å². The maximum atomic E-state index is 13.3. The summed E-state index contributed by atoms with van der Waals surface area (Å²) in [4.78, 5) is 27.0. The van der Waals surface area contributed by atoms with Gasteiger partial charge in [-0.15, -0.1) is 0 Å². The smallest absolute Gasteiger partial charge is 0.257 e. The fourth-order valence-electron chi connectivity index (χ4n) is 4.24. The van der Waals surface area contributed by atoms with Crippen LogP contribution in [0.3, 0.4) is 0 Å². The van der Waals surface area contributed by atoms with Crippen LogP contribution in [0.2, 0.25) is 0 Å². The number of hydrogen-bond donors (Lipinski definition) is 2. The van der Waals surface area contributed by atoms with Crippen LogP contribution in [0.4, 0.5) is 11.4 Å². The van der Waals surface area contributed by atoms with E-state index in [2.05, 4.69) is 10.2 Å². The van der Waals surface area contributed by atoms with Crippen molar-refractivity contribution in [2.75, 3.05) is 49.6 Å². The van der Waals surface area contributed by atoms with Gasteiger partial charge in [-0.05, 0) is 61.7 Å². The van der Waals surface area contributed by atoms with E-state index in [0.717, 1.165) is 25.9 Å². The van der Waals surface area contributed by atoms with Gasteiger partial charge in [0.2, 0.25) is 15.9 Å². The third-order valence-corrected chi connectivity index (χ3v) is 7.91. The maximum Gasteiger partial charge on any atom is 0.257 e. The lowest BCUT2D eigenvalue weighted by Gasteiger charge is -2.27. The highest BCUT2D eigenvalue weighted by Crippen LogP contribution is 2.30. The summed E-state index contributed by atoms with van der Waals surface area (Å²) < 4.78 is 33.0. The first-order chi connectivity index (χ1) is 15.8. The first-order valence-corrected chi connectivity index (χ1v) is 12.4. The average Bonchev–Trinajstić information content (AvgIpc) is 3.34. The predicted octanol–water partition coefficient (Wildman–Crippen LogP) is 1.97. The Labute approximate surface area is 193 Å². The van der Waals surface area contributed by atoms with E-state index < -0.39 is 21.8 Å². The highest BCUT2D eigenvalue weighted by molar-refractivity contribution is 7.89. The lowest BCUT2D eigenvalue weighted by Crippen LogP contribution is -2.40. The molecule has 2 aromatic rings. The van der Waals surface area contributed by atoms with Crippen LogP contribution >= 0.6 is 0 Å². The lowest BCUT2D eigenvalue weighted by molar-refractivity contribution is 0.0730. The summed E-state index contributed by atoms with van der Waals surface area (Å²) in [6.07, 6.45) is 2.03. The Hall–Kier alpha value is -2.95. The van der Waals surface area contributed by atoms with Gasteiger partial charge in [0.1, 0.15) is 0 Å². The standard InChI is InChI=1S/C23H28N4O5S/c1-16-14-17(4-6-19(16)22(24)28)25-23(29)20-15-18(5-7-21(20)26-8-2-3-9-26)33(30,31)27-10-12-32-13-11-27/h4-7,14-15H,2-3,8-13H2,1H3,(H2,24,28)(H,25,29). The number of primary amides is 1. The largest absolute Gasteiger partial charge is 0.379 e. The monoisotopic (exact) mass is 472 g/mol. The molecule has 0 aromatic heterocycles. The number of benzene rings is 2. The molecular formula is C23H28N4O5S. The molecule has 10 heteroatoms. The normalized spacial score (nSPS) is 17.2. The van der Waals surface area contributed by atoms with Gasteiger partial charge < -0.3 is 20.7 Å². The van der Waals surface area contributed by atoms with Crippen LogP contribution in [-0.4, -0.2) is 63.9 Å². The summed E-state index contributed by atoms with van der Waals surface area (Å²) >= 11 is 0. The van der Waals surface area contributed by atoms with Gasteiger partial charge in [0.05, 0.1) is 23.7 Å². The molecule has 0 unspecified atom stereocenters. The molecular weight excluding hydrogens is 444 g/mol. The number of morpholine rings is 1. The van der Waals surface area contributed by atoms with Crippen molar-refractivity contribution in [1.29, 1.82) is 0 Å². The first kappa shape index (κ1) is 23.2. The van der Waals surface area contributed by atoms with E-state index in [1.54, 1.807) is 37.3 Å². The number of hydrogen-bond acceptors (Lipinski definition) is 6. The van der Waals surface area contributed by atoms with Crippen molar-refractivity contribution < 1.29 is 22.7 Å². The van der Waals surface area contributed by atoms with Gasteiger partial charge in [-0.25, -0.2) is 8.42 Å². The molecule has 176 valence electrons. The Bertz CT molecular complexity index is 1170. The third kappa shape index (κ3) is 4.87. The number of rotatable bonds is 6. The van der Waals surface area contributed by atoms with Crippen LogP contribution in [0.25, 0.3) is 0 Å². The highest BCUT2D eigenvalue weighted by Gasteiger charge is 2.29. The quantitative estimate of drug-likeness (QED) is 0.663. The highest BCUT2D eigenvalue weighted by atomic mass is 32.2. The Morgan fingerprint density at radius 1 is 0.970 bits per heavy atom. The number of ether oxygens (including phenoxy) is 1. The summed E-state index contributed by atoms with van der Waals surface area (Å²) in [6.45, 7) is 4.61. The second-order valence-corrected chi connectivity index (χ2v) is 10.2. The second-order valence-electron chi connectivity index (χ2n) is 8.24. The molecule has 2 heterocycles. The minimum Gasteiger partial charge on any atom is -0.379 e. The molecule has 2 fully saturated rings.